The molecular weight excluding hydrogens is 324 g/mol. The van der Waals surface area contributed by atoms with Gasteiger partial charge in [0.2, 0.25) is 0 Å². The van der Waals surface area contributed by atoms with E-state index in [-0.39, 0.29) is 0 Å². The van der Waals surface area contributed by atoms with E-state index in [0.29, 0.717) is 35.7 Å². The molecule has 2 N–H and O–H groups in total. The van der Waals surface area contributed by atoms with Crippen LogP contribution >= 0.6 is 0 Å². The van der Waals surface area contributed by atoms with Crippen molar-refractivity contribution in [1.29, 1.82) is 0 Å². The van der Waals surface area contributed by atoms with Crippen molar-refractivity contribution in [2.75, 3.05) is 9.80 Å². The smallest absolute Gasteiger partial charge is 0.115 e. The lowest BCUT2D eigenvalue weighted by atomic mass is 9.91. The molecule has 0 aromatic heterocycles. The summed E-state index contributed by atoms with van der Waals surface area (Å²) in [5, 5.41) is 19.5. The Morgan fingerprint density at radius 2 is 0.923 bits per heavy atom. The summed E-state index contributed by atoms with van der Waals surface area (Å²) < 4.78 is 0. The van der Waals surface area contributed by atoms with Gasteiger partial charge in [0.05, 0.1) is 0 Å². The van der Waals surface area contributed by atoms with Gasteiger partial charge in [0.25, 0.3) is 0 Å². The minimum Gasteiger partial charge on any atom is -0.508 e. The molecule has 0 radical (unpaired) electrons. The number of rotatable bonds is 2. The van der Waals surface area contributed by atoms with Crippen LogP contribution in [0, 0.1) is 13.8 Å². The average Bonchev–Trinajstić information content (AvgIpc) is 2.57. The second-order valence-corrected chi connectivity index (χ2v) is 7.72. The summed E-state index contributed by atoms with van der Waals surface area (Å²) in [7, 11) is 0. The van der Waals surface area contributed by atoms with E-state index in [2.05, 4.69) is 51.3 Å². The van der Waals surface area contributed by atoms with Gasteiger partial charge in [-0.05, 0) is 89.1 Å². The molecule has 4 nitrogen and oxygen atoms in total. The number of aromatic hydroxyl groups is 2. The van der Waals surface area contributed by atoms with Gasteiger partial charge in [0.15, 0.2) is 0 Å². The monoisotopic (exact) mass is 354 g/mol. The van der Waals surface area contributed by atoms with E-state index in [4.69, 9.17) is 0 Å². The molecule has 1 heterocycles. The van der Waals surface area contributed by atoms with Gasteiger partial charge in [-0.1, -0.05) is 0 Å². The van der Waals surface area contributed by atoms with Crippen LogP contribution in [0.15, 0.2) is 36.4 Å². The first kappa shape index (κ1) is 18.4. The number of phenols is 2. The van der Waals surface area contributed by atoms with Crippen LogP contribution in [0.1, 0.15) is 38.8 Å². The molecule has 1 fully saturated rings. The van der Waals surface area contributed by atoms with Crippen LogP contribution in [0.4, 0.5) is 11.4 Å². The zero-order valence-electron chi connectivity index (χ0n) is 16.6. The highest BCUT2D eigenvalue weighted by atomic mass is 16.3. The minimum atomic E-state index is 0.303. The Labute approximate surface area is 156 Å². The Balaban J connectivity index is 2.01. The van der Waals surface area contributed by atoms with Crippen molar-refractivity contribution >= 4 is 11.4 Å². The Hall–Kier alpha value is -2.36. The second-order valence-electron chi connectivity index (χ2n) is 7.72. The second kappa shape index (κ2) is 6.75. The summed E-state index contributed by atoms with van der Waals surface area (Å²) in [4.78, 5) is 4.96. The standard InChI is InChI=1S/C22H30N2O2/c1-13-11-19(25)7-9-21(13)23-15(3)17(5)24(18(6)16(23)4)22-10-8-20(26)12-14(22)2/h7-12,15-18,25-26H,1-6H3. The van der Waals surface area contributed by atoms with Crippen molar-refractivity contribution in [1.82, 2.24) is 0 Å². The van der Waals surface area contributed by atoms with Crippen LogP contribution in [0.25, 0.3) is 0 Å². The van der Waals surface area contributed by atoms with Gasteiger partial charge in [-0.3, -0.25) is 0 Å². The third-order valence-corrected chi connectivity index (χ3v) is 6.07. The average molecular weight is 354 g/mol. The molecule has 4 heteroatoms. The molecular formula is C22H30N2O2. The van der Waals surface area contributed by atoms with Gasteiger partial charge in [-0.15, -0.1) is 0 Å². The fourth-order valence-corrected chi connectivity index (χ4v) is 4.41. The predicted octanol–water partition coefficient (Wildman–Crippen LogP) is 4.60. The van der Waals surface area contributed by atoms with Gasteiger partial charge in [0, 0.05) is 35.5 Å². The molecule has 1 aliphatic heterocycles. The highest BCUT2D eigenvalue weighted by Gasteiger charge is 2.41. The molecule has 4 atom stereocenters. The largest absolute Gasteiger partial charge is 0.508 e. The van der Waals surface area contributed by atoms with E-state index < -0.39 is 0 Å². The van der Waals surface area contributed by atoms with Crippen molar-refractivity contribution in [3.63, 3.8) is 0 Å². The van der Waals surface area contributed by atoms with E-state index in [1.165, 1.54) is 11.4 Å². The number of benzene rings is 2. The van der Waals surface area contributed by atoms with E-state index in [0.717, 1.165) is 11.1 Å². The molecule has 140 valence electrons. The lowest BCUT2D eigenvalue weighted by molar-refractivity contribution is 0.345. The van der Waals surface area contributed by atoms with Crippen molar-refractivity contribution in [2.45, 2.75) is 65.7 Å². The van der Waals surface area contributed by atoms with Gasteiger partial charge >= 0.3 is 0 Å². The lowest BCUT2D eigenvalue weighted by Gasteiger charge is -2.55. The summed E-state index contributed by atoms with van der Waals surface area (Å²) in [5.74, 6) is 0.622. The summed E-state index contributed by atoms with van der Waals surface area (Å²) in [6.07, 6.45) is 0. The first-order valence-corrected chi connectivity index (χ1v) is 9.38. The van der Waals surface area contributed by atoms with E-state index in [1.807, 2.05) is 24.3 Å². The number of nitrogens with zero attached hydrogens (tertiary/aromatic N) is 2. The minimum absolute atomic E-state index is 0.303. The van der Waals surface area contributed by atoms with E-state index >= 15 is 0 Å². The summed E-state index contributed by atoms with van der Waals surface area (Å²) in [6.45, 7) is 13.2. The van der Waals surface area contributed by atoms with Crippen LogP contribution in [0.3, 0.4) is 0 Å². The molecule has 0 bridgehead atoms. The molecule has 2 aromatic carbocycles. The number of hydrogen-bond acceptors (Lipinski definition) is 4. The molecule has 0 amide bonds. The van der Waals surface area contributed by atoms with Crippen molar-refractivity contribution in [3.05, 3.63) is 47.5 Å². The molecule has 2 aromatic rings. The molecule has 1 saturated heterocycles. The number of anilines is 2. The highest BCUT2D eigenvalue weighted by Crippen LogP contribution is 2.38. The maximum absolute atomic E-state index is 9.77. The van der Waals surface area contributed by atoms with Gasteiger partial charge in [-0.2, -0.15) is 0 Å². The Morgan fingerprint density at radius 1 is 0.615 bits per heavy atom. The van der Waals surface area contributed by atoms with Crippen LogP contribution < -0.4 is 9.80 Å². The SMILES string of the molecule is Cc1cc(O)ccc1N1C(C)C(C)N(c2ccc(O)cc2C)C(C)C1C. The lowest BCUT2D eigenvalue weighted by Crippen LogP contribution is -2.66. The highest BCUT2D eigenvalue weighted by molar-refractivity contribution is 5.63. The zero-order chi connectivity index (χ0) is 19.2. The van der Waals surface area contributed by atoms with Gasteiger partial charge in [-0.25, -0.2) is 0 Å². The Kier molecular flexibility index (Phi) is 4.78. The van der Waals surface area contributed by atoms with Crippen LogP contribution in [0.2, 0.25) is 0 Å². The molecule has 0 spiro atoms. The Bertz CT molecular complexity index is 721. The predicted molar refractivity (Wildman–Crippen MR) is 108 cm³/mol. The molecule has 26 heavy (non-hydrogen) atoms. The topological polar surface area (TPSA) is 46.9 Å². The fraction of sp³-hybridized carbons (Fsp3) is 0.455. The van der Waals surface area contributed by atoms with E-state index in [9.17, 15) is 10.2 Å². The van der Waals surface area contributed by atoms with Crippen molar-refractivity contribution < 1.29 is 10.2 Å². The van der Waals surface area contributed by atoms with Crippen LogP contribution in [-0.4, -0.2) is 34.4 Å². The maximum atomic E-state index is 9.77. The number of phenolic OH excluding ortho intramolecular Hbond substituents is 2. The third-order valence-electron chi connectivity index (χ3n) is 6.07. The molecule has 4 unspecified atom stereocenters. The van der Waals surface area contributed by atoms with Crippen molar-refractivity contribution in [2.24, 2.45) is 0 Å². The van der Waals surface area contributed by atoms with Gasteiger partial charge < -0.3 is 20.0 Å². The third kappa shape index (κ3) is 2.98. The summed E-state index contributed by atoms with van der Waals surface area (Å²) in [5.41, 5.74) is 4.56. The number of piperazine rings is 1. The summed E-state index contributed by atoms with van der Waals surface area (Å²) >= 11 is 0. The number of aryl methyl sites for hydroxylation is 2. The molecule has 3 rings (SSSR count). The van der Waals surface area contributed by atoms with Crippen LogP contribution in [0.5, 0.6) is 11.5 Å². The first-order chi connectivity index (χ1) is 12.2. The molecule has 0 saturated carbocycles. The summed E-state index contributed by atoms with van der Waals surface area (Å²) in [6, 6.07) is 12.5. The molecule has 0 aliphatic carbocycles. The Morgan fingerprint density at radius 3 is 1.19 bits per heavy atom. The zero-order valence-corrected chi connectivity index (χ0v) is 16.6. The van der Waals surface area contributed by atoms with Crippen LogP contribution in [-0.2, 0) is 0 Å². The van der Waals surface area contributed by atoms with Gasteiger partial charge in [0.1, 0.15) is 11.5 Å². The molecule has 1 aliphatic rings. The van der Waals surface area contributed by atoms with E-state index in [1.54, 1.807) is 12.1 Å². The van der Waals surface area contributed by atoms with Crippen molar-refractivity contribution in [3.8, 4) is 11.5 Å². The normalized spacial score (nSPS) is 26.2. The number of hydrogen-bond donors (Lipinski definition) is 2. The fourth-order valence-electron chi connectivity index (χ4n) is 4.41. The quantitative estimate of drug-likeness (QED) is 0.828. The maximum Gasteiger partial charge on any atom is 0.115 e. The first-order valence-electron chi connectivity index (χ1n) is 9.38.